The van der Waals surface area contributed by atoms with Crippen molar-refractivity contribution in [3.8, 4) is 5.69 Å². The van der Waals surface area contributed by atoms with Gasteiger partial charge in [-0.2, -0.15) is 5.10 Å². The lowest BCUT2D eigenvalue weighted by atomic mass is 9.92. The van der Waals surface area contributed by atoms with Crippen molar-refractivity contribution in [1.29, 1.82) is 0 Å². The van der Waals surface area contributed by atoms with Crippen molar-refractivity contribution in [2.75, 3.05) is 7.11 Å². The number of hydrogen-bond donors (Lipinski definition) is 1. The first-order valence-electron chi connectivity index (χ1n) is 7.82. The maximum atomic E-state index is 13.3. The highest BCUT2D eigenvalue weighted by molar-refractivity contribution is 5.92. The van der Waals surface area contributed by atoms with Crippen LogP contribution in [0.5, 0.6) is 0 Å². The maximum absolute atomic E-state index is 13.3. The lowest BCUT2D eigenvalue weighted by molar-refractivity contribution is 0.0391. The van der Waals surface area contributed by atoms with Crippen molar-refractivity contribution in [1.82, 2.24) is 15.1 Å². The van der Waals surface area contributed by atoms with Crippen LogP contribution in [0.3, 0.4) is 0 Å². The molecule has 1 fully saturated rings. The van der Waals surface area contributed by atoms with Crippen LogP contribution in [0.4, 0.5) is 4.39 Å². The van der Waals surface area contributed by atoms with Gasteiger partial charge in [-0.25, -0.2) is 9.07 Å². The van der Waals surface area contributed by atoms with E-state index >= 15 is 0 Å². The van der Waals surface area contributed by atoms with E-state index in [1.54, 1.807) is 31.5 Å². The number of benzene rings is 1. The summed E-state index contributed by atoms with van der Waals surface area (Å²) in [7, 11) is 1.67. The highest BCUT2D eigenvalue weighted by Gasteiger charge is 2.27. The van der Waals surface area contributed by atoms with Gasteiger partial charge in [0.15, 0.2) is 5.69 Å². The third-order valence-electron chi connectivity index (χ3n) is 4.22. The predicted molar refractivity (Wildman–Crippen MR) is 84.0 cm³/mol. The van der Waals surface area contributed by atoms with E-state index in [2.05, 4.69) is 10.4 Å². The molecular weight excluding hydrogens is 297 g/mol. The average molecular weight is 317 g/mol. The number of halogens is 1. The lowest BCUT2D eigenvalue weighted by Gasteiger charge is -2.30. The molecule has 0 bridgehead atoms. The molecule has 1 saturated carbocycles. The van der Waals surface area contributed by atoms with E-state index in [1.807, 2.05) is 0 Å². The van der Waals surface area contributed by atoms with Crippen LogP contribution >= 0.6 is 0 Å². The van der Waals surface area contributed by atoms with Crippen LogP contribution in [0.1, 0.15) is 36.2 Å². The molecule has 5 nitrogen and oxygen atoms in total. The molecule has 0 saturated heterocycles. The number of nitrogens with one attached hydrogen (secondary N) is 1. The van der Waals surface area contributed by atoms with Crippen molar-refractivity contribution in [3.63, 3.8) is 0 Å². The van der Waals surface area contributed by atoms with Gasteiger partial charge < -0.3 is 10.1 Å². The first-order valence-corrected chi connectivity index (χ1v) is 7.82. The predicted octanol–water partition coefficient (Wildman–Crippen LogP) is 2.70. The highest BCUT2D eigenvalue weighted by Crippen LogP contribution is 2.21. The zero-order valence-corrected chi connectivity index (χ0v) is 13.0. The summed E-state index contributed by atoms with van der Waals surface area (Å²) in [5.74, 6) is -0.566. The number of amides is 1. The topological polar surface area (TPSA) is 56.1 Å². The first kappa shape index (κ1) is 15.7. The van der Waals surface area contributed by atoms with Crippen LogP contribution in [-0.2, 0) is 4.74 Å². The van der Waals surface area contributed by atoms with E-state index in [-0.39, 0.29) is 23.9 Å². The standard InChI is InChI=1S/C17H20FN3O2/c1-23-16-8-3-2-7-14(16)19-17(22)15-9-10-21(20-15)13-6-4-5-12(18)11-13/h4-6,9-11,14,16H,2-3,7-8H2,1H3,(H,19,22)/t14-,16-/m1/s1. The molecule has 0 radical (unpaired) electrons. The summed E-state index contributed by atoms with van der Waals surface area (Å²) in [6.07, 6.45) is 5.78. The lowest BCUT2D eigenvalue weighted by Crippen LogP contribution is -2.46. The second-order valence-corrected chi connectivity index (χ2v) is 5.76. The first-order chi connectivity index (χ1) is 11.2. The molecule has 122 valence electrons. The molecule has 1 aromatic carbocycles. The summed E-state index contributed by atoms with van der Waals surface area (Å²) in [6, 6.07) is 7.73. The number of carbonyl (C=O) groups is 1. The van der Waals surface area contributed by atoms with Crippen LogP contribution in [0.2, 0.25) is 0 Å². The minimum atomic E-state index is -0.339. The number of nitrogens with zero attached hydrogens (tertiary/aromatic N) is 2. The third kappa shape index (κ3) is 3.59. The quantitative estimate of drug-likeness (QED) is 0.943. The molecule has 1 heterocycles. The number of rotatable bonds is 4. The molecule has 1 N–H and O–H groups in total. The zero-order valence-electron chi connectivity index (χ0n) is 13.0. The summed E-state index contributed by atoms with van der Waals surface area (Å²) >= 11 is 0. The normalized spacial score (nSPS) is 21.1. The molecule has 1 amide bonds. The molecular formula is C17H20FN3O2. The van der Waals surface area contributed by atoms with Crippen LogP contribution in [0.15, 0.2) is 36.5 Å². The molecule has 1 aliphatic rings. The SMILES string of the molecule is CO[C@@H]1CCCC[C@H]1NC(=O)c1ccn(-c2cccc(F)c2)n1. The summed E-state index contributed by atoms with van der Waals surface area (Å²) in [5.41, 5.74) is 0.895. The van der Waals surface area contributed by atoms with E-state index in [0.29, 0.717) is 11.4 Å². The molecule has 0 spiro atoms. The minimum Gasteiger partial charge on any atom is -0.379 e. The van der Waals surface area contributed by atoms with E-state index < -0.39 is 0 Å². The summed E-state index contributed by atoms with van der Waals surface area (Å²) in [5, 5.41) is 7.23. The second kappa shape index (κ2) is 6.91. The van der Waals surface area contributed by atoms with Gasteiger partial charge in [0.05, 0.1) is 17.8 Å². The average Bonchev–Trinajstić information content (AvgIpc) is 3.05. The van der Waals surface area contributed by atoms with Gasteiger partial charge in [0.1, 0.15) is 5.82 Å². The summed E-state index contributed by atoms with van der Waals surface area (Å²) in [6.45, 7) is 0. The fourth-order valence-electron chi connectivity index (χ4n) is 2.99. The molecule has 0 unspecified atom stereocenters. The van der Waals surface area contributed by atoms with E-state index in [0.717, 1.165) is 25.7 Å². The van der Waals surface area contributed by atoms with Gasteiger partial charge in [-0.1, -0.05) is 18.9 Å². The number of methoxy groups -OCH3 is 1. The fraction of sp³-hybridized carbons (Fsp3) is 0.412. The van der Waals surface area contributed by atoms with Crippen LogP contribution in [0.25, 0.3) is 5.69 Å². The van der Waals surface area contributed by atoms with Gasteiger partial charge in [-0.15, -0.1) is 0 Å². The third-order valence-corrected chi connectivity index (χ3v) is 4.22. The van der Waals surface area contributed by atoms with Crippen LogP contribution in [0, 0.1) is 5.82 Å². The Kier molecular flexibility index (Phi) is 4.71. The molecule has 2 atom stereocenters. The van der Waals surface area contributed by atoms with Crippen molar-refractivity contribution in [3.05, 3.63) is 48.0 Å². The number of ether oxygens (including phenoxy) is 1. The molecule has 3 rings (SSSR count). The zero-order chi connectivity index (χ0) is 16.2. The monoisotopic (exact) mass is 317 g/mol. The Morgan fingerprint density at radius 1 is 1.35 bits per heavy atom. The summed E-state index contributed by atoms with van der Waals surface area (Å²) in [4.78, 5) is 12.4. The summed E-state index contributed by atoms with van der Waals surface area (Å²) < 4.78 is 20.2. The van der Waals surface area contributed by atoms with E-state index in [1.165, 1.54) is 16.8 Å². The highest BCUT2D eigenvalue weighted by atomic mass is 19.1. The van der Waals surface area contributed by atoms with Gasteiger partial charge in [0.25, 0.3) is 5.91 Å². The second-order valence-electron chi connectivity index (χ2n) is 5.76. The smallest absolute Gasteiger partial charge is 0.272 e. The molecule has 1 aromatic heterocycles. The fourth-order valence-corrected chi connectivity index (χ4v) is 2.99. The van der Waals surface area contributed by atoms with Crippen LogP contribution < -0.4 is 5.32 Å². The Morgan fingerprint density at radius 2 is 2.17 bits per heavy atom. The number of carbonyl (C=O) groups excluding carboxylic acids is 1. The van der Waals surface area contributed by atoms with Crippen molar-refractivity contribution < 1.29 is 13.9 Å². The van der Waals surface area contributed by atoms with Gasteiger partial charge in [0, 0.05) is 13.3 Å². The van der Waals surface area contributed by atoms with Gasteiger partial charge in [-0.05, 0) is 37.1 Å². The molecule has 2 aromatic rings. The van der Waals surface area contributed by atoms with E-state index in [4.69, 9.17) is 4.74 Å². The molecule has 6 heteroatoms. The van der Waals surface area contributed by atoms with Crippen molar-refractivity contribution >= 4 is 5.91 Å². The van der Waals surface area contributed by atoms with E-state index in [9.17, 15) is 9.18 Å². The maximum Gasteiger partial charge on any atom is 0.272 e. The minimum absolute atomic E-state index is 0.0144. The molecule has 0 aliphatic heterocycles. The molecule has 1 aliphatic carbocycles. The van der Waals surface area contributed by atoms with Gasteiger partial charge >= 0.3 is 0 Å². The Bertz CT molecular complexity index is 686. The Labute approximate surface area is 134 Å². The Morgan fingerprint density at radius 3 is 2.96 bits per heavy atom. The van der Waals surface area contributed by atoms with Crippen molar-refractivity contribution in [2.45, 2.75) is 37.8 Å². The van der Waals surface area contributed by atoms with Crippen molar-refractivity contribution in [2.24, 2.45) is 0 Å². The largest absolute Gasteiger partial charge is 0.379 e. The Balaban J connectivity index is 1.71. The molecule has 23 heavy (non-hydrogen) atoms. The number of aromatic nitrogens is 2. The Hall–Kier alpha value is -2.21. The van der Waals surface area contributed by atoms with Crippen LogP contribution in [-0.4, -0.2) is 34.9 Å². The van der Waals surface area contributed by atoms with Gasteiger partial charge in [-0.3, -0.25) is 4.79 Å². The van der Waals surface area contributed by atoms with Gasteiger partial charge in [0.2, 0.25) is 0 Å². The number of hydrogen-bond acceptors (Lipinski definition) is 3.